The number of methoxy groups -OCH3 is 2. The SMILES string of the molecule is COC(=O)/C(C)=C/C12CC3(C)CC(C#N)(C1)CC(C(=O)OC)(C3)C2. The van der Waals surface area contributed by atoms with Gasteiger partial charge < -0.3 is 9.47 Å². The third-order valence-electron chi connectivity index (χ3n) is 6.25. The van der Waals surface area contributed by atoms with Crippen molar-refractivity contribution in [2.45, 2.75) is 52.4 Å². The van der Waals surface area contributed by atoms with E-state index in [1.807, 2.05) is 6.08 Å². The molecule has 0 aromatic carbocycles. The molecule has 0 aliphatic heterocycles. The van der Waals surface area contributed by atoms with Crippen molar-refractivity contribution in [2.24, 2.45) is 21.7 Å². The van der Waals surface area contributed by atoms with E-state index in [1.165, 1.54) is 14.2 Å². The molecule has 4 aliphatic rings. The first kappa shape index (κ1) is 17.0. The molecule has 4 rings (SSSR count). The molecule has 0 heterocycles. The van der Waals surface area contributed by atoms with Gasteiger partial charge in [0.05, 0.1) is 31.1 Å². The number of nitrogens with zero attached hydrogens (tertiary/aromatic N) is 1. The van der Waals surface area contributed by atoms with Crippen LogP contribution in [0.5, 0.6) is 0 Å². The van der Waals surface area contributed by atoms with Crippen LogP contribution >= 0.6 is 0 Å². The van der Waals surface area contributed by atoms with Crippen molar-refractivity contribution >= 4 is 11.9 Å². The van der Waals surface area contributed by atoms with Crippen molar-refractivity contribution in [1.29, 1.82) is 5.26 Å². The van der Waals surface area contributed by atoms with Gasteiger partial charge in [0.2, 0.25) is 0 Å². The molecule has 4 unspecified atom stereocenters. The maximum absolute atomic E-state index is 12.6. The first-order valence-corrected chi connectivity index (χ1v) is 8.43. The van der Waals surface area contributed by atoms with Crippen molar-refractivity contribution in [3.63, 3.8) is 0 Å². The van der Waals surface area contributed by atoms with E-state index in [0.717, 1.165) is 19.3 Å². The fourth-order valence-electron chi connectivity index (χ4n) is 6.61. The summed E-state index contributed by atoms with van der Waals surface area (Å²) >= 11 is 0. The Hall–Kier alpha value is -1.83. The number of nitriles is 1. The molecule has 0 radical (unpaired) electrons. The Morgan fingerprint density at radius 1 is 1.04 bits per heavy atom. The Kier molecular flexibility index (Phi) is 3.60. The van der Waals surface area contributed by atoms with Crippen LogP contribution in [0.2, 0.25) is 0 Å². The lowest BCUT2D eigenvalue weighted by molar-refractivity contribution is -0.194. The number of allylic oxidation sites excluding steroid dienone is 1. The van der Waals surface area contributed by atoms with E-state index in [-0.39, 0.29) is 22.8 Å². The number of esters is 2. The summed E-state index contributed by atoms with van der Waals surface area (Å²) in [5.41, 5.74) is -0.959. The summed E-state index contributed by atoms with van der Waals surface area (Å²) < 4.78 is 9.96. The van der Waals surface area contributed by atoms with E-state index in [9.17, 15) is 14.9 Å². The van der Waals surface area contributed by atoms with Gasteiger partial charge in [-0.1, -0.05) is 13.0 Å². The normalized spacial score (nSPS) is 43.2. The highest BCUT2D eigenvalue weighted by atomic mass is 16.5. The van der Waals surface area contributed by atoms with Gasteiger partial charge in [-0.05, 0) is 56.3 Å². The average molecular weight is 331 g/mol. The second-order valence-electron chi connectivity index (χ2n) is 8.72. The summed E-state index contributed by atoms with van der Waals surface area (Å²) in [4.78, 5) is 24.5. The minimum Gasteiger partial charge on any atom is -0.469 e. The summed E-state index contributed by atoms with van der Waals surface area (Å²) in [6.07, 6.45) is 6.39. The van der Waals surface area contributed by atoms with Crippen LogP contribution in [0.25, 0.3) is 0 Å². The van der Waals surface area contributed by atoms with E-state index in [1.54, 1.807) is 6.92 Å². The standard InChI is InChI=1S/C19H25NO4/c1-13(14(21)23-3)5-17-6-16(2)7-18(9-17,12-20)11-19(8-16,10-17)15(22)24-4/h5H,6-11H2,1-4H3/b13-5+. The maximum Gasteiger partial charge on any atom is 0.333 e. The highest BCUT2D eigenvalue weighted by Crippen LogP contribution is 2.74. The Balaban J connectivity index is 2.11. The Bertz CT molecular complexity index is 677. The van der Waals surface area contributed by atoms with Gasteiger partial charge in [-0.25, -0.2) is 4.79 Å². The number of carbonyl (C=O) groups excluding carboxylic acids is 2. The summed E-state index contributed by atoms with van der Waals surface area (Å²) in [7, 11) is 2.79. The van der Waals surface area contributed by atoms with Crippen molar-refractivity contribution in [3.05, 3.63) is 11.6 Å². The average Bonchev–Trinajstić information content (AvgIpc) is 2.50. The quantitative estimate of drug-likeness (QED) is 0.586. The molecule has 5 heteroatoms. The van der Waals surface area contributed by atoms with Crippen LogP contribution in [0.1, 0.15) is 52.4 Å². The molecule has 130 valence electrons. The van der Waals surface area contributed by atoms with Crippen LogP contribution in [0, 0.1) is 33.0 Å². The largest absolute Gasteiger partial charge is 0.469 e. The van der Waals surface area contributed by atoms with Gasteiger partial charge in [-0.2, -0.15) is 5.26 Å². The smallest absolute Gasteiger partial charge is 0.333 e. The predicted octanol–water partition coefficient (Wildman–Crippen LogP) is 3.15. The van der Waals surface area contributed by atoms with Gasteiger partial charge in [-0.15, -0.1) is 0 Å². The molecule has 0 aromatic heterocycles. The van der Waals surface area contributed by atoms with E-state index in [0.29, 0.717) is 24.8 Å². The molecule has 4 atom stereocenters. The van der Waals surface area contributed by atoms with Crippen molar-refractivity contribution in [1.82, 2.24) is 0 Å². The van der Waals surface area contributed by atoms with Crippen LogP contribution in [-0.4, -0.2) is 26.2 Å². The predicted molar refractivity (Wildman–Crippen MR) is 86.5 cm³/mol. The molecule has 4 aliphatic carbocycles. The molecular formula is C19H25NO4. The molecular weight excluding hydrogens is 306 g/mol. The zero-order valence-electron chi connectivity index (χ0n) is 14.9. The molecule has 24 heavy (non-hydrogen) atoms. The van der Waals surface area contributed by atoms with Crippen molar-refractivity contribution in [3.8, 4) is 6.07 Å². The molecule has 4 saturated carbocycles. The van der Waals surface area contributed by atoms with Gasteiger partial charge in [0.25, 0.3) is 0 Å². The van der Waals surface area contributed by atoms with Gasteiger partial charge in [0.1, 0.15) is 0 Å². The van der Waals surface area contributed by atoms with Crippen LogP contribution in [0.3, 0.4) is 0 Å². The highest BCUT2D eigenvalue weighted by molar-refractivity contribution is 5.88. The van der Waals surface area contributed by atoms with Crippen LogP contribution < -0.4 is 0 Å². The summed E-state index contributed by atoms with van der Waals surface area (Å²) in [6, 6.07) is 2.53. The Labute approximate surface area is 143 Å². The maximum atomic E-state index is 12.6. The molecule has 5 nitrogen and oxygen atoms in total. The number of ether oxygens (including phenoxy) is 2. The third-order valence-corrected chi connectivity index (χ3v) is 6.25. The minimum atomic E-state index is -0.610. The monoisotopic (exact) mass is 331 g/mol. The van der Waals surface area contributed by atoms with Crippen LogP contribution in [0.15, 0.2) is 11.6 Å². The third kappa shape index (κ3) is 2.35. The summed E-state index contributed by atoms with van der Waals surface area (Å²) in [5.74, 6) is -0.560. The minimum absolute atomic E-state index is 0.0778. The second kappa shape index (κ2) is 5.08. The number of carbonyl (C=O) groups is 2. The molecule has 4 bridgehead atoms. The van der Waals surface area contributed by atoms with E-state index in [2.05, 4.69) is 13.0 Å². The Morgan fingerprint density at radius 2 is 1.75 bits per heavy atom. The van der Waals surface area contributed by atoms with Gasteiger partial charge in [0.15, 0.2) is 0 Å². The highest BCUT2D eigenvalue weighted by Gasteiger charge is 2.69. The number of hydrogen-bond acceptors (Lipinski definition) is 5. The van der Waals surface area contributed by atoms with Crippen molar-refractivity contribution < 1.29 is 19.1 Å². The molecule has 0 spiro atoms. The van der Waals surface area contributed by atoms with Crippen molar-refractivity contribution in [2.75, 3.05) is 14.2 Å². The molecule has 0 aromatic rings. The fraction of sp³-hybridized carbons (Fsp3) is 0.737. The Morgan fingerprint density at radius 3 is 2.33 bits per heavy atom. The van der Waals surface area contributed by atoms with E-state index < -0.39 is 10.8 Å². The van der Waals surface area contributed by atoms with Gasteiger partial charge in [0, 0.05) is 5.57 Å². The lowest BCUT2D eigenvalue weighted by Crippen LogP contribution is -2.62. The first-order valence-electron chi connectivity index (χ1n) is 8.43. The van der Waals surface area contributed by atoms with Crippen LogP contribution in [0.4, 0.5) is 0 Å². The fourth-order valence-corrected chi connectivity index (χ4v) is 6.61. The second-order valence-corrected chi connectivity index (χ2v) is 8.72. The molecule has 0 N–H and O–H groups in total. The summed E-state index contributed by atoms with van der Waals surface area (Å²) in [6.45, 7) is 3.92. The zero-order chi connectivity index (χ0) is 17.8. The number of hydrogen-bond donors (Lipinski definition) is 0. The van der Waals surface area contributed by atoms with Gasteiger partial charge >= 0.3 is 11.9 Å². The lowest BCUT2D eigenvalue weighted by atomic mass is 9.36. The molecule has 0 amide bonds. The van der Waals surface area contributed by atoms with Crippen LogP contribution in [-0.2, 0) is 19.1 Å². The lowest BCUT2D eigenvalue weighted by Gasteiger charge is -2.66. The number of rotatable bonds is 3. The first-order chi connectivity index (χ1) is 11.1. The topological polar surface area (TPSA) is 76.4 Å². The molecule has 0 saturated heterocycles. The van der Waals surface area contributed by atoms with E-state index in [4.69, 9.17) is 9.47 Å². The molecule has 4 fully saturated rings. The zero-order valence-corrected chi connectivity index (χ0v) is 14.9. The summed E-state index contributed by atoms with van der Waals surface area (Å²) in [5, 5.41) is 9.90. The van der Waals surface area contributed by atoms with E-state index >= 15 is 0 Å². The van der Waals surface area contributed by atoms with Gasteiger partial charge in [-0.3, -0.25) is 4.79 Å².